The molecule has 6 nitrogen and oxygen atoms in total. The molecule has 1 fully saturated rings. The Morgan fingerprint density at radius 1 is 1.53 bits per heavy atom. The number of aromatic nitrogens is 2. The van der Waals surface area contributed by atoms with Crippen molar-refractivity contribution in [2.45, 2.75) is 11.3 Å². The summed E-state index contributed by atoms with van der Waals surface area (Å²) in [5, 5.41) is 3.73. The molecule has 0 N–H and O–H groups in total. The third-order valence-electron chi connectivity index (χ3n) is 2.02. The third kappa shape index (κ3) is 2.00. The largest absolute Gasteiger partial charge is 0.346 e. The Morgan fingerprint density at radius 2 is 2.13 bits per heavy atom. The molecule has 2 rings (SSSR count). The highest BCUT2D eigenvalue weighted by molar-refractivity contribution is 8.13. The molecule has 0 amide bonds. The quantitative estimate of drug-likeness (QED) is 0.713. The molecule has 0 radical (unpaired) electrons. The Kier molecular flexibility index (Phi) is 2.72. The summed E-state index contributed by atoms with van der Waals surface area (Å²) in [5.74, 6) is 0. The van der Waals surface area contributed by atoms with Gasteiger partial charge in [0.15, 0.2) is 11.3 Å². The fourth-order valence-electron chi connectivity index (χ4n) is 1.44. The molecule has 0 bridgehead atoms. The standard InChI is InChI=1S/C7H9ClN2O4S/c1-10-6(15(8,11)12)5(4-9-10)7-13-2-3-14-7/h4,7H,2-3H2,1H3. The number of hydrogen-bond donors (Lipinski definition) is 0. The van der Waals surface area contributed by atoms with Crippen LogP contribution >= 0.6 is 10.7 Å². The molecule has 2 heterocycles. The van der Waals surface area contributed by atoms with Gasteiger partial charge in [-0.2, -0.15) is 5.10 Å². The number of rotatable bonds is 2. The number of ether oxygens (including phenoxy) is 2. The smallest absolute Gasteiger partial charge is 0.278 e. The predicted octanol–water partition coefficient (Wildman–Crippen LogP) is 0.393. The first-order valence-corrected chi connectivity index (χ1v) is 6.51. The lowest BCUT2D eigenvalue weighted by molar-refractivity contribution is -0.0463. The van der Waals surface area contributed by atoms with E-state index in [1.54, 1.807) is 0 Å². The highest BCUT2D eigenvalue weighted by Crippen LogP contribution is 2.30. The molecule has 0 aliphatic carbocycles. The summed E-state index contributed by atoms with van der Waals surface area (Å²) >= 11 is 0. The van der Waals surface area contributed by atoms with Gasteiger partial charge < -0.3 is 9.47 Å². The van der Waals surface area contributed by atoms with Crippen LogP contribution in [0.15, 0.2) is 11.2 Å². The molecule has 0 aromatic carbocycles. The van der Waals surface area contributed by atoms with E-state index in [4.69, 9.17) is 20.2 Å². The topological polar surface area (TPSA) is 70.4 Å². The predicted molar refractivity (Wildman–Crippen MR) is 50.9 cm³/mol. The molecule has 0 unspecified atom stereocenters. The molecule has 1 aromatic rings. The molecule has 0 atom stereocenters. The summed E-state index contributed by atoms with van der Waals surface area (Å²) in [5.41, 5.74) is 0.338. The Hall–Kier alpha value is -0.630. The monoisotopic (exact) mass is 252 g/mol. The zero-order valence-corrected chi connectivity index (χ0v) is 9.45. The molecule has 1 aromatic heterocycles. The second-order valence-corrected chi connectivity index (χ2v) is 5.52. The van der Waals surface area contributed by atoms with Crippen LogP contribution in [0.4, 0.5) is 0 Å². The Bertz CT molecular complexity index is 463. The minimum Gasteiger partial charge on any atom is -0.346 e. The van der Waals surface area contributed by atoms with Gasteiger partial charge in [0.1, 0.15) is 0 Å². The lowest BCUT2D eigenvalue weighted by Crippen LogP contribution is -2.07. The van der Waals surface area contributed by atoms with Crippen LogP contribution in [0.1, 0.15) is 11.9 Å². The molecule has 8 heteroatoms. The van der Waals surface area contributed by atoms with Crippen LogP contribution < -0.4 is 0 Å². The Balaban J connectivity index is 2.48. The van der Waals surface area contributed by atoms with E-state index in [-0.39, 0.29) is 5.03 Å². The van der Waals surface area contributed by atoms with Crippen LogP contribution in [0.3, 0.4) is 0 Å². The van der Waals surface area contributed by atoms with Crippen molar-refractivity contribution < 1.29 is 17.9 Å². The van der Waals surface area contributed by atoms with E-state index in [0.29, 0.717) is 18.8 Å². The minimum absolute atomic E-state index is 0.0870. The molecule has 1 aliphatic rings. The highest BCUT2D eigenvalue weighted by Gasteiger charge is 2.29. The van der Waals surface area contributed by atoms with Crippen LogP contribution in [0, 0.1) is 0 Å². The molecule has 0 spiro atoms. The normalized spacial score (nSPS) is 18.5. The number of nitrogens with zero attached hydrogens (tertiary/aromatic N) is 2. The van der Waals surface area contributed by atoms with E-state index in [2.05, 4.69) is 5.10 Å². The first-order valence-electron chi connectivity index (χ1n) is 4.20. The maximum absolute atomic E-state index is 11.3. The lowest BCUT2D eigenvalue weighted by atomic mass is 10.3. The van der Waals surface area contributed by atoms with Gasteiger partial charge in [0.05, 0.1) is 25.0 Å². The minimum atomic E-state index is -3.85. The molecule has 84 valence electrons. The summed E-state index contributed by atoms with van der Waals surface area (Å²) in [4.78, 5) is 0. The second-order valence-electron chi connectivity index (χ2n) is 3.04. The first kappa shape index (κ1) is 10.9. The summed E-state index contributed by atoms with van der Waals surface area (Å²) in [6, 6.07) is 0. The van der Waals surface area contributed by atoms with Gasteiger partial charge in [-0.05, 0) is 0 Å². The Morgan fingerprint density at radius 3 is 2.67 bits per heavy atom. The van der Waals surface area contributed by atoms with Crippen molar-refractivity contribution in [1.29, 1.82) is 0 Å². The van der Waals surface area contributed by atoms with Crippen molar-refractivity contribution >= 4 is 19.7 Å². The highest BCUT2D eigenvalue weighted by atomic mass is 35.7. The lowest BCUT2D eigenvalue weighted by Gasteiger charge is -2.08. The van der Waals surface area contributed by atoms with Gasteiger partial charge in [0, 0.05) is 17.7 Å². The summed E-state index contributed by atoms with van der Waals surface area (Å²) < 4.78 is 34.1. The summed E-state index contributed by atoms with van der Waals surface area (Å²) in [7, 11) is 2.94. The average Bonchev–Trinajstić information content (AvgIpc) is 2.68. The average molecular weight is 253 g/mol. The van der Waals surface area contributed by atoms with Crippen molar-refractivity contribution in [3.63, 3.8) is 0 Å². The third-order valence-corrected chi connectivity index (χ3v) is 3.42. The van der Waals surface area contributed by atoms with Crippen molar-refractivity contribution in [3.8, 4) is 0 Å². The van der Waals surface area contributed by atoms with Gasteiger partial charge in [-0.1, -0.05) is 0 Å². The van der Waals surface area contributed by atoms with Gasteiger partial charge in [-0.3, -0.25) is 4.68 Å². The van der Waals surface area contributed by atoms with Crippen LogP contribution in [0.25, 0.3) is 0 Å². The molecule has 0 saturated carbocycles. The van der Waals surface area contributed by atoms with Gasteiger partial charge in [-0.15, -0.1) is 0 Å². The number of halogens is 1. The van der Waals surface area contributed by atoms with E-state index in [1.165, 1.54) is 17.9 Å². The van der Waals surface area contributed by atoms with Gasteiger partial charge in [0.2, 0.25) is 0 Å². The summed E-state index contributed by atoms with van der Waals surface area (Å²) in [6.45, 7) is 0.864. The second kappa shape index (κ2) is 3.75. The van der Waals surface area contributed by atoms with Crippen molar-refractivity contribution in [3.05, 3.63) is 11.8 Å². The maximum Gasteiger partial charge on any atom is 0.278 e. The molecule has 1 aliphatic heterocycles. The van der Waals surface area contributed by atoms with Gasteiger partial charge in [0.25, 0.3) is 9.05 Å². The fourth-order valence-corrected chi connectivity index (χ4v) is 2.80. The summed E-state index contributed by atoms with van der Waals surface area (Å²) in [6.07, 6.45) is 0.688. The van der Waals surface area contributed by atoms with Crippen molar-refractivity contribution in [1.82, 2.24) is 9.78 Å². The van der Waals surface area contributed by atoms with E-state index in [1.807, 2.05) is 0 Å². The van der Waals surface area contributed by atoms with E-state index < -0.39 is 15.3 Å². The van der Waals surface area contributed by atoms with E-state index >= 15 is 0 Å². The van der Waals surface area contributed by atoms with Crippen LogP contribution in [-0.2, 0) is 25.6 Å². The zero-order chi connectivity index (χ0) is 11.1. The molecule has 15 heavy (non-hydrogen) atoms. The van der Waals surface area contributed by atoms with Crippen LogP contribution in [0.5, 0.6) is 0 Å². The fraction of sp³-hybridized carbons (Fsp3) is 0.571. The van der Waals surface area contributed by atoms with Gasteiger partial charge in [-0.25, -0.2) is 8.42 Å². The SMILES string of the molecule is Cn1ncc(C2OCCO2)c1S(=O)(=O)Cl. The molecule has 1 saturated heterocycles. The van der Waals surface area contributed by atoms with Crippen molar-refractivity contribution in [2.24, 2.45) is 7.05 Å². The van der Waals surface area contributed by atoms with E-state index in [9.17, 15) is 8.42 Å². The Labute approximate surface area is 91.2 Å². The first-order chi connectivity index (χ1) is 7.00. The number of hydrogen-bond acceptors (Lipinski definition) is 5. The zero-order valence-electron chi connectivity index (χ0n) is 7.88. The molecular formula is C7H9ClN2O4S. The van der Waals surface area contributed by atoms with Gasteiger partial charge >= 0.3 is 0 Å². The van der Waals surface area contributed by atoms with Crippen LogP contribution in [-0.4, -0.2) is 31.4 Å². The molecular weight excluding hydrogens is 244 g/mol. The van der Waals surface area contributed by atoms with Crippen molar-refractivity contribution in [2.75, 3.05) is 13.2 Å². The van der Waals surface area contributed by atoms with Crippen LogP contribution in [0.2, 0.25) is 0 Å². The van der Waals surface area contributed by atoms with E-state index in [0.717, 1.165) is 0 Å². The maximum atomic E-state index is 11.3. The number of aryl methyl sites for hydroxylation is 1.